The van der Waals surface area contributed by atoms with Crippen LogP contribution in [0.2, 0.25) is 10.0 Å². The molecule has 10 heteroatoms. The maximum Gasteiger partial charge on any atom is 0.241 e. The summed E-state index contributed by atoms with van der Waals surface area (Å²) in [7, 11) is -3.99. The molecule has 2 aromatic rings. The van der Waals surface area contributed by atoms with Gasteiger partial charge >= 0.3 is 0 Å². The van der Waals surface area contributed by atoms with E-state index in [1.807, 2.05) is 12.1 Å². The fourth-order valence-corrected chi connectivity index (χ4v) is 3.99. The summed E-state index contributed by atoms with van der Waals surface area (Å²) in [6.07, 6.45) is 0.336. The van der Waals surface area contributed by atoms with Gasteiger partial charge < -0.3 is 11.1 Å². The number of hydrogen-bond acceptors (Lipinski definition) is 4. The average Bonchev–Trinajstić information content (AvgIpc) is 2.66. The summed E-state index contributed by atoms with van der Waals surface area (Å²) in [5.41, 5.74) is 6.11. The first-order chi connectivity index (χ1) is 13.7. The number of sulfonamides is 1. The number of halogens is 2. The number of benzene rings is 2. The molecule has 0 aliphatic rings. The molecule has 0 bridgehead atoms. The predicted octanol–water partition coefficient (Wildman–Crippen LogP) is 2.26. The Morgan fingerprint density at radius 2 is 1.52 bits per heavy atom. The summed E-state index contributed by atoms with van der Waals surface area (Å²) in [6, 6.07) is 11.5. The molecule has 156 valence electrons. The number of nitrogens with two attached hydrogens (primary N) is 1. The number of hydrogen-bond donors (Lipinski definition) is 3. The summed E-state index contributed by atoms with van der Waals surface area (Å²) in [6.45, 7) is 0.288. The van der Waals surface area contributed by atoms with Gasteiger partial charge in [-0.25, -0.2) is 8.42 Å². The lowest BCUT2D eigenvalue weighted by molar-refractivity contribution is -0.123. The van der Waals surface area contributed by atoms with E-state index >= 15 is 0 Å². The molecule has 0 saturated carbocycles. The molecule has 2 amide bonds. The third-order valence-electron chi connectivity index (χ3n) is 4.04. The molecule has 4 N–H and O–H groups in total. The maximum absolute atomic E-state index is 12.6. The lowest BCUT2D eigenvalue weighted by Crippen LogP contribution is -2.47. The zero-order valence-corrected chi connectivity index (χ0v) is 17.7. The molecule has 1 atom stereocenters. The van der Waals surface area contributed by atoms with Crippen LogP contribution in [0.15, 0.2) is 53.4 Å². The fourth-order valence-electron chi connectivity index (χ4n) is 2.50. The third kappa shape index (κ3) is 7.66. The Hall–Kier alpha value is -2.13. The first kappa shape index (κ1) is 23.2. The molecule has 0 spiro atoms. The Morgan fingerprint density at radius 1 is 0.966 bits per heavy atom. The second kappa shape index (κ2) is 10.6. The second-order valence-electron chi connectivity index (χ2n) is 6.30. The summed E-state index contributed by atoms with van der Waals surface area (Å²) in [5.74, 6) is -1.17. The number of nitrogens with one attached hydrogen (secondary N) is 2. The molecule has 0 radical (unpaired) electrons. The Bertz CT molecular complexity index is 948. The number of carbonyl (C=O) groups is 2. The van der Waals surface area contributed by atoms with Crippen LogP contribution in [0.4, 0.5) is 0 Å². The van der Waals surface area contributed by atoms with Gasteiger partial charge in [0.25, 0.3) is 0 Å². The molecular formula is C19H21Cl2N3O4S. The lowest BCUT2D eigenvalue weighted by atomic mass is 10.1. The number of rotatable bonds is 10. The molecule has 0 aliphatic heterocycles. The van der Waals surface area contributed by atoms with Crippen LogP contribution >= 0.6 is 23.2 Å². The van der Waals surface area contributed by atoms with Crippen LogP contribution in [0.1, 0.15) is 18.4 Å². The van der Waals surface area contributed by atoms with Gasteiger partial charge in [-0.1, -0.05) is 35.3 Å². The lowest BCUT2D eigenvalue weighted by Gasteiger charge is -2.18. The van der Waals surface area contributed by atoms with E-state index in [1.54, 1.807) is 12.1 Å². The molecule has 0 aliphatic carbocycles. The van der Waals surface area contributed by atoms with Crippen molar-refractivity contribution in [2.45, 2.75) is 30.2 Å². The highest BCUT2D eigenvalue weighted by Crippen LogP contribution is 2.15. The zero-order chi connectivity index (χ0) is 21.4. The highest BCUT2D eigenvalue weighted by atomic mass is 35.5. The average molecular weight is 458 g/mol. The summed E-state index contributed by atoms with van der Waals surface area (Å²) in [4.78, 5) is 23.6. The standard InChI is InChI=1S/C19H21Cl2N3O4S/c20-14-3-1-13(2-4-14)11-12-23-19(26)17(9-10-18(22)25)24-29(27,28)16-7-5-15(21)6-8-16/h1-8,17,24H,9-12H2,(H2,22,25)(H,23,26)/t17-/m0/s1. The van der Waals surface area contributed by atoms with Crippen molar-refractivity contribution in [2.24, 2.45) is 5.73 Å². The molecule has 2 aromatic carbocycles. The third-order valence-corrected chi connectivity index (χ3v) is 6.03. The predicted molar refractivity (Wildman–Crippen MR) is 112 cm³/mol. The van der Waals surface area contributed by atoms with Gasteiger partial charge in [-0.05, 0) is 54.8 Å². The molecule has 0 heterocycles. The number of primary amides is 1. The van der Waals surface area contributed by atoms with Gasteiger partial charge in [0.1, 0.15) is 6.04 Å². The van der Waals surface area contributed by atoms with Gasteiger partial charge in [-0.15, -0.1) is 0 Å². The van der Waals surface area contributed by atoms with E-state index in [9.17, 15) is 18.0 Å². The number of amides is 2. The summed E-state index contributed by atoms with van der Waals surface area (Å²) < 4.78 is 27.5. The normalized spacial score (nSPS) is 12.3. The largest absolute Gasteiger partial charge is 0.370 e. The van der Waals surface area contributed by atoms with E-state index in [0.717, 1.165) is 5.56 Å². The molecule has 0 unspecified atom stereocenters. The van der Waals surface area contributed by atoms with Crippen LogP contribution < -0.4 is 15.8 Å². The van der Waals surface area contributed by atoms with E-state index in [-0.39, 0.29) is 24.3 Å². The van der Waals surface area contributed by atoms with Gasteiger partial charge in [0.05, 0.1) is 4.90 Å². The number of carbonyl (C=O) groups excluding carboxylic acids is 2. The minimum absolute atomic E-state index is 0.0417. The molecule has 29 heavy (non-hydrogen) atoms. The van der Waals surface area contributed by atoms with Gasteiger partial charge in [0.2, 0.25) is 21.8 Å². The van der Waals surface area contributed by atoms with Crippen molar-refractivity contribution in [3.63, 3.8) is 0 Å². The highest BCUT2D eigenvalue weighted by Gasteiger charge is 2.26. The van der Waals surface area contributed by atoms with Crippen molar-refractivity contribution in [1.29, 1.82) is 0 Å². The van der Waals surface area contributed by atoms with Crippen LogP contribution in [0, 0.1) is 0 Å². The van der Waals surface area contributed by atoms with Gasteiger partial charge in [-0.2, -0.15) is 4.72 Å². The zero-order valence-electron chi connectivity index (χ0n) is 15.4. The van der Waals surface area contributed by atoms with E-state index in [2.05, 4.69) is 10.0 Å². The van der Waals surface area contributed by atoms with Crippen LogP contribution in [-0.4, -0.2) is 32.8 Å². The maximum atomic E-state index is 12.6. The Morgan fingerprint density at radius 3 is 2.07 bits per heavy atom. The topological polar surface area (TPSA) is 118 Å². The van der Waals surface area contributed by atoms with Gasteiger partial charge in [0, 0.05) is 23.0 Å². The SMILES string of the molecule is NC(=O)CC[C@H](NS(=O)(=O)c1ccc(Cl)cc1)C(=O)NCCc1ccc(Cl)cc1. The molecule has 7 nitrogen and oxygen atoms in total. The molecule has 0 aromatic heterocycles. The monoisotopic (exact) mass is 457 g/mol. The van der Waals surface area contributed by atoms with E-state index in [0.29, 0.717) is 16.5 Å². The minimum Gasteiger partial charge on any atom is -0.370 e. The van der Waals surface area contributed by atoms with E-state index in [4.69, 9.17) is 28.9 Å². The van der Waals surface area contributed by atoms with Crippen molar-refractivity contribution >= 4 is 45.0 Å². The minimum atomic E-state index is -3.99. The second-order valence-corrected chi connectivity index (χ2v) is 8.89. The van der Waals surface area contributed by atoms with Crippen molar-refractivity contribution in [3.05, 3.63) is 64.1 Å². The van der Waals surface area contributed by atoms with E-state index in [1.165, 1.54) is 24.3 Å². The molecule has 2 rings (SSSR count). The van der Waals surface area contributed by atoms with Crippen molar-refractivity contribution in [2.75, 3.05) is 6.54 Å². The molecule has 0 fully saturated rings. The van der Waals surface area contributed by atoms with Gasteiger partial charge in [-0.3, -0.25) is 9.59 Å². The first-order valence-corrected chi connectivity index (χ1v) is 11.0. The van der Waals surface area contributed by atoms with Crippen LogP contribution in [0.25, 0.3) is 0 Å². The fraction of sp³-hybridized carbons (Fsp3) is 0.263. The quantitative estimate of drug-likeness (QED) is 0.506. The Labute approximate surface area is 179 Å². The van der Waals surface area contributed by atoms with Crippen LogP contribution in [0.3, 0.4) is 0 Å². The summed E-state index contributed by atoms with van der Waals surface area (Å²) in [5, 5.41) is 3.68. The highest BCUT2D eigenvalue weighted by molar-refractivity contribution is 7.89. The van der Waals surface area contributed by atoms with Crippen molar-refractivity contribution in [3.8, 4) is 0 Å². The Balaban J connectivity index is 2.03. The van der Waals surface area contributed by atoms with Gasteiger partial charge in [0.15, 0.2) is 0 Å². The van der Waals surface area contributed by atoms with E-state index < -0.39 is 27.9 Å². The molecular weight excluding hydrogens is 437 g/mol. The Kier molecular flexibility index (Phi) is 8.45. The summed E-state index contributed by atoms with van der Waals surface area (Å²) >= 11 is 11.6. The van der Waals surface area contributed by atoms with Crippen LogP contribution in [-0.2, 0) is 26.0 Å². The van der Waals surface area contributed by atoms with Crippen LogP contribution in [0.5, 0.6) is 0 Å². The smallest absolute Gasteiger partial charge is 0.241 e. The van der Waals surface area contributed by atoms with Crippen molar-refractivity contribution in [1.82, 2.24) is 10.0 Å². The van der Waals surface area contributed by atoms with Crippen molar-refractivity contribution < 1.29 is 18.0 Å². The first-order valence-electron chi connectivity index (χ1n) is 8.76. The molecule has 0 saturated heterocycles.